The lowest BCUT2D eigenvalue weighted by Gasteiger charge is -2.24. The molecule has 2 rings (SSSR count). The molecule has 27 heavy (non-hydrogen) atoms. The Morgan fingerprint density at radius 1 is 1.22 bits per heavy atom. The molecule has 0 spiro atoms. The molecule has 1 unspecified atom stereocenters. The highest BCUT2D eigenvalue weighted by Gasteiger charge is 2.35. The molecule has 0 bridgehead atoms. The smallest absolute Gasteiger partial charge is 0.419 e. The minimum atomic E-state index is -4.64. The average molecular weight is 405 g/mol. The normalized spacial score (nSPS) is 13.5. The summed E-state index contributed by atoms with van der Waals surface area (Å²) in [6, 6.07) is 4.51. The van der Waals surface area contributed by atoms with Crippen molar-refractivity contribution in [3.8, 4) is 16.9 Å². The lowest BCUT2D eigenvalue weighted by Crippen LogP contribution is -2.35. The summed E-state index contributed by atoms with van der Waals surface area (Å²) in [5.74, 6) is -1.16. The number of pyridine rings is 1. The number of hydrogen-bond donors (Lipinski definition) is 1. The standard InChI is InChI=1S/C19H21ClF4N2O/c1-11(8-18(2,3)25)10-27-16-5-4-12(6-14(16)19(22,23)24)13-7-17(21)26-9-15(13)20/h4-7,9,11H,8,10,25H2,1-3H3. The number of benzene rings is 1. The second-order valence-corrected chi connectivity index (χ2v) is 7.71. The van der Waals surface area contributed by atoms with Crippen LogP contribution < -0.4 is 10.5 Å². The van der Waals surface area contributed by atoms with Gasteiger partial charge in [-0.3, -0.25) is 0 Å². The predicted octanol–water partition coefficient (Wildman–Crippen LogP) is 5.70. The van der Waals surface area contributed by atoms with Gasteiger partial charge in [0.1, 0.15) is 5.75 Å². The van der Waals surface area contributed by atoms with Crippen LogP contribution in [-0.2, 0) is 6.18 Å². The summed E-state index contributed by atoms with van der Waals surface area (Å²) < 4.78 is 59.3. The summed E-state index contributed by atoms with van der Waals surface area (Å²) in [7, 11) is 0. The summed E-state index contributed by atoms with van der Waals surface area (Å²) in [4.78, 5) is 3.38. The largest absolute Gasteiger partial charge is 0.493 e. The molecular weight excluding hydrogens is 384 g/mol. The zero-order valence-electron chi connectivity index (χ0n) is 15.2. The van der Waals surface area contributed by atoms with Gasteiger partial charge in [-0.15, -0.1) is 0 Å². The van der Waals surface area contributed by atoms with E-state index in [0.29, 0.717) is 6.42 Å². The Labute approximate surface area is 160 Å². The SMILES string of the molecule is CC(COc1ccc(-c2cc(F)ncc2Cl)cc1C(F)(F)F)CC(C)(C)N. The first kappa shape index (κ1) is 21.4. The summed E-state index contributed by atoms with van der Waals surface area (Å²) >= 11 is 5.95. The van der Waals surface area contributed by atoms with Gasteiger partial charge in [0.2, 0.25) is 5.95 Å². The van der Waals surface area contributed by atoms with Gasteiger partial charge < -0.3 is 10.5 Å². The summed E-state index contributed by atoms with van der Waals surface area (Å²) in [5.41, 5.74) is 4.78. The minimum Gasteiger partial charge on any atom is -0.493 e. The maximum Gasteiger partial charge on any atom is 0.419 e. The van der Waals surface area contributed by atoms with E-state index < -0.39 is 23.2 Å². The highest BCUT2D eigenvalue weighted by molar-refractivity contribution is 6.33. The van der Waals surface area contributed by atoms with Crippen LogP contribution in [-0.4, -0.2) is 17.1 Å². The fraction of sp³-hybridized carbons (Fsp3) is 0.421. The van der Waals surface area contributed by atoms with E-state index in [2.05, 4.69) is 4.98 Å². The summed E-state index contributed by atoms with van der Waals surface area (Å²) in [5, 5.41) is 0.0528. The first-order chi connectivity index (χ1) is 12.4. The lowest BCUT2D eigenvalue weighted by molar-refractivity contribution is -0.139. The Hall–Kier alpha value is -1.86. The van der Waals surface area contributed by atoms with E-state index in [1.807, 2.05) is 20.8 Å². The molecule has 8 heteroatoms. The zero-order chi connectivity index (χ0) is 20.4. The topological polar surface area (TPSA) is 48.1 Å². The fourth-order valence-corrected chi connectivity index (χ4v) is 3.08. The van der Waals surface area contributed by atoms with Gasteiger partial charge in [0.05, 0.1) is 17.2 Å². The molecule has 1 atom stereocenters. The molecule has 0 aliphatic carbocycles. The number of alkyl halides is 3. The number of halogens is 5. The van der Waals surface area contributed by atoms with E-state index in [1.54, 1.807) is 0 Å². The number of ether oxygens (including phenoxy) is 1. The van der Waals surface area contributed by atoms with Crippen molar-refractivity contribution in [2.75, 3.05) is 6.61 Å². The van der Waals surface area contributed by atoms with Gasteiger partial charge in [-0.05, 0) is 43.9 Å². The van der Waals surface area contributed by atoms with Gasteiger partial charge in [0.15, 0.2) is 0 Å². The van der Waals surface area contributed by atoms with Crippen molar-refractivity contribution >= 4 is 11.6 Å². The molecule has 0 radical (unpaired) electrons. The van der Waals surface area contributed by atoms with E-state index in [4.69, 9.17) is 22.1 Å². The van der Waals surface area contributed by atoms with Crippen LogP contribution in [0.25, 0.3) is 11.1 Å². The van der Waals surface area contributed by atoms with E-state index in [-0.39, 0.29) is 34.4 Å². The summed E-state index contributed by atoms with van der Waals surface area (Å²) in [6.45, 7) is 5.64. The molecule has 0 saturated carbocycles. The fourth-order valence-electron chi connectivity index (χ4n) is 2.87. The second kappa shape index (κ2) is 8.02. The van der Waals surface area contributed by atoms with Crippen molar-refractivity contribution in [3.05, 3.63) is 47.0 Å². The molecule has 0 saturated heterocycles. The maximum atomic E-state index is 13.5. The average Bonchev–Trinajstić information content (AvgIpc) is 2.52. The van der Waals surface area contributed by atoms with Crippen molar-refractivity contribution < 1.29 is 22.3 Å². The molecule has 1 aromatic carbocycles. The van der Waals surface area contributed by atoms with Crippen LogP contribution in [0.2, 0.25) is 5.02 Å². The van der Waals surface area contributed by atoms with Crippen molar-refractivity contribution in [2.45, 2.75) is 38.9 Å². The van der Waals surface area contributed by atoms with Crippen LogP contribution in [0.5, 0.6) is 5.75 Å². The quantitative estimate of drug-likeness (QED) is 0.496. The van der Waals surface area contributed by atoms with Gasteiger partial charge in [-0.2, -0.15) is 17.6 Å². The number of aromatic nitrogens is 1. The molecule has 0 aliphatic heterocycles. The van der Waals surface area contributed by atoms with Crippen molar-refractivity contribution in [3.63, 3.8) is 0 Å². The molecule has 1 aromatic heterocycles. The number of nitrogens with zero attached hydrogens (tertiary/aromatic N) is 1. The minimum absolute atomic E-state index is 0.0329. The highest BCUT2D eigenvalue weighted by Crippen LogP contribution is 2.40. The van der Waals surface area contributed by atoms with Crippen molar-refractivity contribution in [1.82, 2.24) is 4.98 Å². The number of nitrogens with two attached hydrogens (primary N) is 1. The molecule has 0 fully saturated rings. The van der Waals surface area contributed by atoms with Crippen LogP contribution in [0, 0.1) is 11.9 Å². The molecule has 2 aromatic rings. The maximum absolute atomic E-state index is 13.5. The lowest BCUT2D eigenvalue weighted by atomic mass is 9.93. The zero-order valence-corrected chi connectivity index (χ0v) is 16.0. The van der Waals surface area contributed by atoms with Crippen molar-refractivity contribution in [2.24, 2.45) is 11.7 Å². The highest BCUT2D eigenvalue weighted by atomic mass is 35.5. The Morgan fingerprint density at radius 3 is 2.48 bits per heavy atom. The molecule has 148 valence electrons. The van der Waals surface area contributed by atoms with Gasteiger partial charge >= 0.3 is 6.18 Å². The number of hydrogen-bond acceptors (Lipinski definition) is 3. The van der Waals surface area contributed by atoms with Gasteiger partial charge in [-0.1, -0.05) is 24.6 Å². The Morgan fingerprint density at radius 2 is 1.89 bits per heavy atom. The Kier molecular flexibility index (Phi) is 6.37. The molecular formula is C19H21ClF4N2O. The molecule has 2 N–H and O–H groups in total. The first-order valence-electron chi connectivity index (χ1n) is 8.31. The molecule has 1 heterocycles. The third-order valence-electron chi connectivity index (χ3n) is 3.82. The predicted molar refractivity (Wildman–Crippen MR) is 97.2 cm³/mol. The van der Waals surface area contributed by atoms with Crippen LogP contribution >= 0.6 is 11.6 Å². The number of rotatable bonds is 6. The van der Waals surface area contributed by atoms with Crippen LogP contribution in [0.4, 0.5) is 17.6 Å². The first-order valence-corrected chi connectivity index (χ1v) is 8.69. The van der Waals surface area contributed by atoms with Crippen LogP contribution in [0.15, 0.2) is 30.5 Å². The van der Waals surface area contributed by atoms with Crippen LogP contribution in [0.1, 0.15) is 32.8 Å². The monoisotopic (exact) mass is 404 g/mol. The Bertz CT molecular complexity index is 803. The van der Waals surface area contributed by atoms with Gasteiger partial charge in [0.25, 0.3) is 0 Å². The summed E-state index contributed by atoms with van der Waals surface area (Å²) in [6.07, 6.45) is -2.99. The third kappa shape index (κ3) is 6.07. The van der Waals surface area contributed by atoms with Gasteiger partial charge in [0, 0.05) is 23.4 Å². The molecule has 0 aliphatic rings. The molecule has 3 nitrogen and oxygen atoms in total. The van der Waals surface area contributed by atoms with E-state index in [1.165, 1.54) is 12.1 Å². The van der Waals surface area contributed by atoms with E-state index >= 15 is 0 Å². The van der Waals surface area contributed by atoms with Gasteiger partial charge in [-0.25, -0.2) is 4.98 Å². The van der Waals surface area contributed by atoms with E-state index in [0.717, 1.165) is 18.3 Å². The van der Waals surface area contributed by atoms with E-state index in [9.17, 15) is 17.6 Å². The Balaban J connectivity index is 2.33. The molecule has 0 amide bonds. The third-order valence-corrected chi connectivity index (χ3v) is 4.12. The second-order valence-electron chi connectivity index (χ2n) is 7.30. The van der Waals surface area contributed by atoms with Crippen molar-refractivity contribution in [1.29, 1.82) is 0 Å². The van der Waals surface area contributed by atoms with Crippen LogP contribution in [0.3, 0.4) is 0 Å².